The van der Waals surface area contributed by atoms with Gasteiger partial charge in [0.25, 0.3) is 11.9 Å². The molecular weight excluding hydrogens is 354 g/mol. The zero-order valence-corrected chi connectivity index (χ0v) is 16.1. The van der Waals surface area contributed by atoms with Gasteiger partial charge in [-0.3, -0.25) is 4.79 Å². The van der Waals surface area contributed by atoms with Crippen molar-refractivity contribution in [3.8, 4) is 17.2 Å². The van der Waals surface area contributed by atoms with Gasteiger partial charge in [-0.1, -0.05) is 24.3 Å². The summed E-state index contributed by atoms with van der Waals surface area (Å²) >= 11 is 0. The first-order valence-electron chi connectivity index (χ1n) is 9.45. The van der Waals surface area contributed by atoms with Crippen LogP contribution in [0.5, 0.6) is 0 Å². The molecule has 4 rings (SSSR count). The highest BCUT2D eigenvalue weighted by Gasteiger charge is 2.21. The number of aryl methyl sites for hydroxylation is 2. The topological polar surface area (TPSA) is 81.9 Å². The van der Waals surface area contributed by atoms with Crippen molar-refractivity contribution in [2.24, 2.45) is 0 Å². The van der Waals surface area contributed by atoms with E-state index in [2.05, 4.69) is 33.6 Å². The summed E-state index contributed by atoms with van der Waals surface area (Å²) in [7, 11) is 1.65. The number of rotatable bonds is 6. The minimum Gasteiger partial charge on any atom is -0.385 e. The highest BCUT2D eigenvalue weighted by atomic mass is 16.5. The Kier molecular flexibility index (Phi) is 5.16. The van der Waals surface area contributed by atoms with Crippen LogP contribution in [0.4, 0.5) is 0 Å². The highest BCUT2D eigenvalue weighted by Crippen LogP contribution is 2.31. The molecule has 1 N–H and O–H groups in total. The van der Waals surface area contributed by atoms with Crippen LogP contribution in [-0.4, -0.2) is 45.9 Å². The van der Waals surface area contributed by atoms with Crippen LogP contribution in [0.25, 0.3) is 17.2 Å². The van der Waals surface area contributed by atoms with Gasteiger partial charge in [-0.25, -0.2) is 14.6 Å². The third-order valence-electron chi connectivity index (χ3n) is 5.04. The molecule has 0 atom stereocenters. The van der Waals surface area contributed by atoms with Crippen LogP contribution in [-0.2, 0) is 17.6 Å². The molecule has 0 saturated carbocycles. The number of ether oxygens (including phenoxy) is 1. The summed E-state index contributed by atoms with van der Waals surface area (Å²) in [5.41, 5.74) is 5.78. The Labute approximate surface area is 163 Å². The zero-order chi connectivity index (χ0) is 19.5. The van der Waals surface area contributed by atoms with E-state index >= 15 is 0 Å². The van der Waals surface area contributed by atoms with E-state index in [1.165, 1.54) is 5.56 Å². The molecule has 2 heterocycles. The number of hydrogen-bond acceptors (Lipinski definition) is 5. The second-order valence-electron chi connectivity index (χ2n) is 6.86. The van der Waals surface area contributed by atoms with Gasteiger partial charge in [-0.05, 0) is 37.3 Å². The number of carbonyl (C=O) groups excluding carboxylic acids is 1. The lowest BCUT2D eigenvalue weighted by atomic mass is 9.90. The molecule has 0 saturated heterocycles. The fourth-order valence-corrected chi connectivity index (χ4v) is 3.50. The van der Waals surface area contributed by atoms with Gasteiger partial charge in [0.15, 0.2) is 0 Å². The van der Waals surface area contributed by atoms with Crippen LogP contribution in [0, 0.1) is 6.92 Å². The van der Waals surface area contributed by atoms with E-state index in [1.54, 1.807) is 18.0 Å². The quantitative estimate of drug-likeness (QED) is 0.668. The van der Waals surface area contributed by atoms with Crippen LogP contribution in [0.2, 0.25) is 0 Å². The van der Waals surface area contributed by atoms with Gasteiger partial charge in [0, 0.05) is 32.0 Å². The fraction of sp³-hybridized carbons (Fsp3) is 0.333. The summed E-state index contributed by atoms with van der Waals surface area (Å²) in [6.45, 7) is 3.03. The summed E-state index contributed by atoms with van der Waals surface area (Å²) in [6, 6.07) is 8.33. The maximum atomic E-state index is 12.4. The van der Waals surface area contributed by atoms with Gasteiger partial charge in [-0.2, -0.15) is 5.10 Å². The molecular formula is C21H23N5O2. The first-order chi connectivity index (χ1) is 13.7. The molecule has 1 aliphatic carbocycles. The molecule has 0 fully saturated rings. The lowest BCUT2D eigenvalue weighted by molar-refractivity contribution is 0.0948. The molecule has 0 bridgehead atoms. The van der Waals surface area contributed by atoms with Crippen molar-refractivity contribution in [2.75, 3.05) is 20.3 Å². The Morgan fingerprint density at radius 2 is 2.04 bits per heavy atom. The Hall–Kier alpha value is -3.06. The maximum Gasteiger partial charge on any atom is 0.254 e. The van der Waals surface area contributed by atoms with Crippen molar-refractivity contribution in [3.05, 3.63) is 59.0 Å². The van der Waals surface area contributed by atoms with Gasteiger partial charge in [0.1, 0.15) is 0 Å². The number of methoxy groups -OCH3 is 1. The third-order valence-corrected chi connectivity index (χ3v) is 5.04. The second kappa shape index (κ2) is 7.90. The fourth-order valence-electron chi connectivity index (χ4n) is 3.50. The maximum absolute atomic E-state index is 12.4. The van der Waals surface area contributed by atoms with Crippen LogP contribution in [0.1, 0.15) is 33.6 Å². The number of amides is 1. The Morgan fingerprint density at radius 1 is 1.21 bits per heavy atom. The number of carbonyl (C=O) groups is 1. The molecule has 144 valence electrons. The van der Waals surface area contributed by atoms with Gasteiger partial charge in [0.05, 0.1) is 23.1 Å². The van der Waals surface area contributed by atoms with Crippen LogP contribution in [0.3, 0.4) is 0 Å². The van der Waals surface area contributed by atoms with E-state index in [1.807, 2.05) is 19.2 Å². The Morgan fingerprint density at radius 3 is 2.89 bits per heavy atom. The molecule has 7 heteroatoms. The van der Waals surface area contributed by atoms with Crippen LogP contribution >= 0.6 is 0 Å². The average Bonchev–Trinajstić information content (AvgIpc) is 3.12. The monoisotopic (exact) mass is 377 g/mol. The van der Waals surface area contributed by atoms with E-state index in [-0.39, 0.29) is 5.91 Å². The molecule has 0 aliphatic heterocycles. The van der Waals surface area contributed by atoms with Crippen molar-refractivity contribution < 1.29 is 9.53 Å². The minimum absolute atomic E-state index is 0.150. The summed E-state index contributed by atoms with van der Waals surface area (Å²) in [5, 5.41) is 7.25. The van der Waals surface area contributed by atoms with Gasteiger partial charge >= 0.3 is 0 Å². The number of hydrogen-bond donors (Lipinski definition) is 1. The standard InChI is InChI=1S/C21H23N5O2/c1-14-18(20(27)22-10-5-11-28-2)13-24-26(14)21-23-12-16-9-8-15-6-3-4-7-17(15)19(16)25-21/h3-4,6-7,12-13H,5,8-11H2,1-2H3,(H,22,27). The molecule has 3 aromatic rings. The number of fused-ring (bicyclic) bond motifs is 3. The summed E-state index contributed by atoms with van der Waals surface area (Å²) in [4.78, 5) is 21.7. The lowest BCUT2D eigenvalue weighted by Gasteiger charge is -2.18. The SMILES string of the molecule is COCCCNC(=O)c1cnn(-c2ncc3c(n2)-c2ccccc2CC3)c1C. The normalized spacial score (nSPS) is 12.4. The molecule has 2 aromatic heterocycles. The summed E-state index contributed by atoms with van der Waals surface area (Å²) < 4.78 is 6.63. The van der Waals surface area contributed by atoms with Crippen LogP contribution in [0.15, 0.2) is 36.7 Å². The van der Waals surface area contributed by atoms with Gasteiger partial charge in [0.2, 0.25) is 0 Å². The predicted molar refractivity (Wildman–Crippen MR) is 106 cm³/mol. The number of aromatic nitrogens is 4. The molecule has 1 aliphatic rings. The molecule has 0 radical (unpaired) electrons. The van der Waals surface area contributed by atoms with Crippen molar-refractivity contribution >= 4 is 5.91 Å². The summed E-state index contributed by atoms with van der Waals surface area (Å²) in [5.74, 6) is 0.328. The molecule has 0 unspecified atom stereocenters. The second-order valence-corrected chi connectivity index (χ2v) is 6.86. The molecule has 7 nitrogen and oxygen atoms in total. The van der Waals surface area contributed by atoms with E-state index in [0.29, 0.717) is 30.4 Å². The minimum atomic E-state index is -0.150. The number of nitrogens with one attached hydrogen (secondary N) is 1. The summed E-state index contributed by atoms with van der Waals surface area (Å²) in [6.07, 6.45) is 6.14. The van der Waals surface area contributed by atoms with E-state index < -0.39 is 0 Å². The zero-order valence-electron chi connectivity index (χ0n) is 16.1. The molecule has 28 heavy (non-hydrogen) atoms. The van der Waals surface area contributed by atoms with Gasteiger partial charge < -0.3 is 10.1 Å². The van der Waals surface area contributed by atoms with E-state index in [0.717, 1.165) is 36.1 Å². The average molecular weight is 377 g/mol. The lowest BCUT2D eigenvalue weighted by Crippen LogP contribution is -2.25. The van der Waals surface area contributed by atoms with Crippen molar-refractivity contribution in [2.45, 2.75) is 26.2 Å². The molecule has 1 amide bonds. The molecule has 1 aromatic carbocycles. The number of benzene rings is 1. The van der Waals surface area contributed by atoms with E-state index in [9.17, 15) is 4.79 Å². The largest absolute Gasteiger partial charge is 0.385 e. The number of nitrogens with zero attached hydrogens (tertiary/aromatic N) is 4. The Bertz CT molecular complexity index is 1010. The smallest absolute Gasteiger partial charge is 0.254 e. The van der Waals surface area contributed by atoms with Crippen LogP contribution < -0.4 is 5.32 Å². The highest BCUT2D eigenvalue weighted by molar-refractivity contribution is 5.95. The van der Waals surface area contributed by atoms with Gasteiger partial charge in [-0.15, -0.1) is 0 Å². The van der Waals surface area contributed by atoms with Crippen molar-refractivity contribution in [3.63, 3.8) is 0 Å². The van der Waals surface area contributed by atoms with Crippen molar-refractivity contribution in [1.29, 1.82) is 0 Å². The Balaban J connectivity index is 1.61. The third kappa shape index (κ3) is 3.41. The predicted octanol–water partition coefficient (Wildman–Crippen LogP) is 2.50. The van der Waals surface area contributed by atoms with E-state index in [4.69, 9.17) is 9.72 Å². The molecule has 0 spiro atoms. The first-order valence-corrected chi connectivity index (χ1v) is 9.45. The first kappa shape index (κ1) is 18.3. The van der Waals surface area contributed by atoms with Crippen molar-refractivity contribution in [1.82, 2.24) is 25.1 Å².